The molecule has 0 radical (unpaired) electrons. The van der Waals surface area contributed by atoms with E-state index in [1.165, 1.54) is 0 Å². The smallest absolute Gasteiger partial charge is 0.410 e. The molecule has 106 valence electrons. The average Bonchev–Trinajstić information content (AvgIpc) is 2.03. The quantitative estimate of drug-likeness (QED) is 0.836. The SMILES string of the molecule is CC(C)(O)CCN(C(=O)OC(C)(C)C)C1COC1. The topological polar surface area (TPSA) is 59.0 Å². The number of amides is 1. The van der Waals surface area contributed by atoms with Crippen LogP contribution in [-0.2, 0) is 9.47 Å². The van der Waals surface area contributed by atoms with Crippen LogP contribution in [-0.4, -0.2) is 53.1 Å². The lowest BCUT2D eigenvalue weighted by molar-refractivity contribution is -0.0752. The molecule has 0 bridgehead atoms. The van der Waals surface area contributed by atoms with E-state index < -0.39 is 11.2 Å². The van der Waals surface area contributed by atoms with E-state index in [0.29, 0.717) is 26.2 Å². The Bertz CT molecular complexity index is 286. The molecule has 0 aliphatic carbocycles. The summed E-state index contributed by atoms with van der Waals surface area (Å²) in [4.78, 5) is 13.7. The van der Waals surface area contributed by atoms with Crippen molar-refractivity contribution >= 4 is 6.09 Å². The van der Waals surface area contributed by atoms with Crippen LogP contribution in [0.2, 0.25) is 0 Å². The first-order valence-corrected chi connectivity index (χ1v) is 6.38. The van der Waals surface area contributed by atoms with Crippen molar-refractivity contribution in [2.75, 3.05) is 19.8 Å². The van der Waals surface area contributed by atoms with Crippen LogP contribution in [0.5, 0.6) is 0 Å². The third kappa shape index (κ3) is 5.23. The molecule has 0 saturated carbocycles. The summed E-state index contributed by atoms with van der Waals surface area (Å²) in [5, 5.41) is 9.74. The number of nitrogens with zero attached hydrogens (tertiary/aromatic N) is 1. The van der Waals surface area contributed by atoms with Crippen molar-refractivity contribution in [2.45, 2.75) is 58.3 Å². The molecule has 1 amide bonds. The van der Waals surface area contributed by atoms with E-state index in [4.69, 9.17) is 9.47 Å². The van der Waals surface area contributed by atoms with Gasteiger partial charge >= 0.3 is 6.09 Å². The number of rotatable bonds is 4. The Labute approximate surface area is 109 Å². The van der Waals surface area contributed by atoms with Crippen LogP contribution in [0, 0.1) is 0 Å². The first kappa shape index (κ1) is 15.2. The fourth-order valence-electron chi connectivity index (χ4n) is 1.54. The zero-order chi connectivity index (χ0) is 14.0. The molecule has 1 rings (SSSR count). The summed E-state index contributed by atoms with van der Waals surface area (Å²) in [6, 6.07) is 0.0715. The second kappa shape index (κ2) is 5.45. The number of carbonyl (C=O) groups is 1. The number of hydrogen-bond donors (Lipinski definition) is 1. The fraction of sp³-hybridized carbons (Fsp3) is 0.923. The maximum atomic E-state index is 12.1. The highest BCUT2D eigenvalue weighted by molar-refractivity contribution is 5.68. The highest BCUT2D eigenvalue weighted by atomic mass is 16.6. The van der Waals surface area contributed by atoms with E-state index in [1.54, 1.807) is 18.7 Å². The van der Waals surface area contributed by atoms with E-state index in [-0.39, 0.29) is 12.1 Å². The van der Waals surface area contributed by atoms with Crippen LogP contribution in [0.4, 0.5) is 4.79 Å². The predicted octanol–water partition coefficient (Wildman–Crippen LogP) is 1.78. The minimum Gasteiger partial charge on any atom is -0.444 e. The highest BCUT2D eigenvalue weighted by Gasteiger charge is 2.33. The normalized spacial score (nSPS) is 17.2. The third-order valence-electron chi connectivity index (χ3n) is 2.65. The van der Waals surface area contributed by atoms with Crippen molar-refractivity contribution < 1.29 is 19.4 Å². The maximum absolute atomic E-state index is 12.1. The molecule has 0 aromatic carbocycles. The molecule has 1 saturated heterocycles. The summed E-state index contributed by atoms with van der Waals surface area (Å²) in [6.07, 6.45) is 0.183. The van der Waals surface area contributed by atoms with E-state index in [2.05, 4.69) is 0 Å². The van der Waals surface area contributed by atoms with Crippen LogP contribution in [0.15, 0.2) is 0 Å². The zero-order valence-corrected chi connectivity index (χ0v) is 12.0. The molecule has 0 spiro atoms. The Hall–Kier alpha value is -0.810. The first-order chi connectivity index (χ1) is 8.08. The lowest BCUT2D eigenvalue weighted by Crippen LogP contribution is -2.54. The first-order valence-electron chi connectivity index (χ1n) is 6.38. The minimum absolute atomic E-state index is 0.0715. The molecule has 1 heterocycles. The second-order valence-electron chi connectivity index (χ2n) is 6.43. The van der Waals surface area contributed by atoms with Crippen molar-refractivity contribution in [3.05, 3.63) is 0 Å². The van der Waals surface area contributed by atoms with E-state index in [0.717, 1.165) is 0 Å². The van der Waals surface area contributed by atoms with Gasteiger partial charge in [0.05, 0.1) is 24.9 Å². The summed E-state index contributed by atoms with van der Waals surface area (Å²) >= 11 is 0. The van der Waals surface area contributed by atoms with E-state index in [9.17, 15) is 9.90 Å². The molecule has 0 aromatic rings. The number of hydrogen-bond acceptors (Lipinski definition) is 4. The lowest BCUT2D eigenvalue weighted by atomic mass is 10.0. The monoisotopic (exact) mass is 259 g/mol. The molecular weight excluding hydrogens is 234 g/mol. The highest BCUT2D eigenvalue weighted by Crippen LogP contribution is 2.18. The Morgan fingerprint density at radius 1 is 1.33 bits per heavy atom. The van der Waals surface area contributed by atoms with Gasteiger partial charge in [-0.1, -0.05) is 0 Å². The van der Waals surface area contributed by atoms with Crippen molar-refractivity contribution in [3.63, 3.8) is 0 Å². The molecule has 1 aliphatic rings. The Balaban J connectivity index is 2.58. The van der Waals surface area contributed by atoms with Crippen molar-refractivity contribution in [1.82, 2.24) is 4.90 Å². The van der Waals surface area contributed by atoms with E-state index in [1.807, 2.05) is 20.8 Å². The predicted molar refractivity (Wildman–Crippen MR) is 68.5 cm³/mol. The molecule has 0 aromatic heterocycles. The maximum Gasteiger partial charge on any atom is 0.410 e. The molecular formula is C13H25NO4. The minimum atomic E-state index is -0.787. The third-order valence-corrected chi connectivity index (χ3v) is 2.65. The average molecular weight is 259 g/mol. The summed E-state index contributed by atoms with van der Waals surface area (Å²) in [7, 11) is 0. The van der Waals surface area contributed by atoms with Gasteiger partial charge < -0.3 is 19.5 Å². The standard InChI is InChI=1S/C13H25NO4/c1-12(2,3)18-11(15)14(10-8-17-9-10)7-6-13(4,5)16/h10,16H,6-9H2,1-5H3. The molecule has 18 heavy (non-hydrogen) atoms. The van der Waals surface area contributed by atoms with Crippen LogP contribution >= 0.6 is 0 Å². The van der Waals surface area contributed by atoms with Gasteiger partial charge in [0.25, 0.3) is 0 Å². The van der Waals surface area contributed by atoms with Gasteiger partial charge in [-0.2, -0.15) is 0 Å². The van der Waals surface area contributed by atoms with Crippen LogP contribution in [0.25, 0.3) is 0 Å². The lowest BCUT2D eigenvalue weighted by Gasteiger charge is -2.38. The molecule has 1 fully saturated rings. The second-order valence-corrected chi connectivity index (χ2v) is 6.43. The molecule has 5 heteroatoms. The molecule has 0 atom stereocenters. The Morgan fingerprint density at radius 3 is 2.22 bits per heavy atom. The fourth-order valence-corrected chi connectivity index (χ4v) is 1.54. The van der Waals surface area contributed by atoms with Gasteiger partial charge in [-0.25, -0.2) is 4.79 Å². The Kier molecular flexibility index (Phi) is 4.61. The zero-order valence-electron chi connectivity index (χ0n) is 12.0. The number of carbonyl (C=O) groups excluding carboxylic acids is 1. The van der Waals surface area contributed by atoms with Crippen molar-refractivity contribution in [1.29, 1.82) is 0 Å². The molecule has 1 N–H and O–H groups in total. The molecule has 0 unspecified atom stereocenters. The number of aliphatic hydroxyl groups is 1. The van der Waals surface area contributed by atoms with Gasteiger partial charge in [0, 0.05) is 6.54 Å². The number of ether oxygens (including phenoxy) is 2. The van der Waals surface area contributed by atoms with Gasteiger partial charge in [-0.3, -0.25) is 0 Å². The molecule has 5 nitrogen and oxygen atoms in total. The van der Waals surface area contributed by atoms with Gasteiger partial charge in [0.15, 0.2) is 0 Å². The van der Waals surface area contributed by atoms with Crippen LogP contribution < -0.4 is 0 Å². The van der Waals surface area contributed by atoms with Crippen LogP contribution in [0.1, 0.15) is 41.0 Å². The summed E-state index contributed by atoms with van der Waals surface area (Å²) < 4.78 is 10.5. The van der Waals surface area contributed by atoms with E-state index >= 15 is 0 Å². The van der Waals surface area contributed by atoms with Crippen molar-refractivity contribution in [3.8, 4) is 0 Å². The molecule has 1 aliphatic heterocycles. The van der Waals surface area contributed by atoms with Gasteiger partial charge in [-0.05, 0) is 41.0 Å². The summed E-state index contributed by atoms with van der Waals surface area (Å²) in [5.41, 5.74) is -1.29. The van der Waals surface area contributed by atoms with Crippen LogP contribution in [0.3, 0.4) is 0 Å². The summed E-state index contributed by atoms with van der Waals surface area (Å²) in [6.45, 7) is 10.6. The largest absolute Gasteiger partial charge is 0.444 e. The van der Waals surface area contributed by atoms with Gasteiger partial charge in [0.2, 0.25) is 0 Å². The Morgan fingerprint density at radius 2 is 1.89 bits per heavy atom. The summed E-state index contributed by atoms with van der Waals surface area (Å²) in [5.74, 6) is 0. The van der Waals surface area contributed by atoms with Gasteiger partial charge in [-0.15, -0.1) is 0 Å². The van der Waals surface area contributed by atoms with Gasteiger partial charge in [0.1, 0.15) is 5.60 Å². The van der Waals surface area contributed by atoms with Crippen molar-refractivity contribution in [2.24, 2.45) is 0 Å².